The Morgan fingerprint density at radius 1 is 1.21 bits per heavy atom. The number of esters is 1. The molecule has 4 rings (SSSR count). The molecule has 0 spiro atoms. The van der Waals surface area contributed by atoms with E-state index >= 15 is 0 Å². The normalized spacial score (nSPS) is 17.2. The number of nitrogens with zero attached hydrogens (tertiary/aromatic N) is 1. The SMILES string of the molecule is CNc1sc2c(c1C(=O)OC(C)(C)C)CC(CN1C(=O)c3ccccc3C1=O)OC2.ClCCl. The van der Waals surface area contributed by atoms with E-state index in [1.807, 2.05) is 20.8 Å². The lowest BCUT2D eigenvalue weighted by Crippen LogP contribution is -2.40. The average Bonchev–Trinajstić information content (AvgIpc) is 3.24. The number of rotatable bonds is 4. The molecule has 0 fully saturated rings. The standard InChI is InChI=1S/C22H24N2O5S.CH2Cl2/c1-22(2,3)29-21(27)17-15-9-12(28-11-16(15)30-18(17)23-4)10-24-19(25)13-7-5-6-8-14(13)20(24)26;2-1-3/h5-8,12,23H,9-11H2,1-4H3;1H2. The summed E-state index contributed by atoms with van der Waals surface area (Å²) in [4.78, 5) is 40.4. The predicted molar refractivity (Wildman–Crippen MR) is 130 cm³/mol. The Hall–Kier alpha value is -2.13. The number of thiophene rings is 1. The predicted octanol–water partition coefficient (Wildman–Crippen LogP) is 4.90. The van der Waals surface area contributed by atoms with Crippen molar-refractivity contribution in [3.8, 4) is 0 Å². The maximum absolute atomic E-state index is 12.9. The first kappa shape index (κ1) is 25.5. The lowest BCUT2D eigenvalue weighted by molar-refractivity contribution is 0.00351. The van der Waals surface area contributed by atoms with Crippen molar-refractivity contribution in [3.63, 3.8) is 0 Å². The van der Waals surface area contributed by atoms with Gasteiger partial charge in [-0.05, 0) is 38.5 Å². The molecule has 0 saturated carbocycles. The van der Waals surface area contributed by atoms with Gasteiger partial charge in [-0.2, -0.15) is 0 Å². The molecule has 33 heavy (non-hydrogen) atoms. The summed E-state index contributed by atoms with van der Waals surface area (Å²) in [5.41, 5.74) is 1.61. The number of anilines is 1. The second-order valence-electron chi connectivity index (χ2n) is 8.46. The molecule has 1 N–H and O–H groups in total. The molecular weight excluding hydrogens is 487 g/mol. The summed E-state index contributed by atoms with van der Waals surface area (Å²) in [5, 5.41) is 4.01. The van der Waals surface area contributed by atoms with Crippen LogP contribution in [-0.4, -0.2) is 53.3 Å². The number of benzene rings is 1. The molecule has 2 aliphatic rings. The maximum atomic E-state index is 12.9. The summed E-state index contributed by atoms with van der Waals surface area (Å²) in [6.07, 6.45) is 0.0374. The van der Waals surface area contributed by atoms with Gasteiger partial charge in [-0.1, -0.05) is 12.1 Å². The lowest BCUT2D eigenvalue weighted by atomic mass is 10.00. The molecule has 3 heterocycles. The van der Waals surface area contributed by atoms with Gasteiger partial charge in [0.2, 0.25) is 0 Å². The third kappa shape index (κ3) is 5.51. The number of alkyl halides is 2. The van der Waals surface area contributed by atoms with E-state index in [0.717, 1.165) is 15.4 Å². The number of ether oxygens (including phenoxy) is 2. The highest BCUT2D eigenvalue weighted by atomic mass is 35.5. The van der Waals surface area contributed by atoms with Gasteiger partial charge < -0.3 is 14.8 Å². The van der Waals surface area contributed by atoms with Crippen LogP contribution in [0, 0.1) is 0 Å². The molecule has 0 aliphatic carbocycles. The van der Waals surface area contributed by atoms with Crippen molar-refractivity contribution in [1.29, 1.82) is 0 Å². The summed E-state index contributed by atoms with van der Waals surface area (Å²) in [6.45, 7) is 5.96. The first-order valence-corrected chi connectivity index (χ1v) is 12.2. The topological polar surface area (TPSA) is 84.9 Å². The number of imide groups is 1. The fraction of sp³-hybridized carbons (Fsp3) is 0.435. The Morgan fingerprint density at radius 2 is 1.79 bits per heavy atom. The third-order valence-electron chi connectivity index (χ3n) is 5.07. The first-order valence-electron chi connectivity index (χ1n) is 10.4. The minimum atomic E-state index is -0.609. The van der Waals surface area contributed by atoms with Crippen LogP contribution in [0.25, 0.3) is 0 Å². The summed E-state index contributed by atoms with van der Waals surface area (Å²) in [5.74, 6) is -0.997. The number of nitrogens with one attached hydrogen (secondary N) is 1. The molecule has 1 aromatic heterocycles. The van der Waals surface area contributed by atoms with E-state index in [4.69, 9.17) is 32.7 Å². The van der Waals surface area contributed by atoms with Crippen molar-refractivity contribution in [2.75, 3.05) is 24.2 Å². The Balaban J connectivity index is 0.000000968. The van der Waals surface area contributed by atoms with Crippen LogP contribution in [0.1, 0.15) is 62.3 Å². The molecule has 0 saturated heterocycles. The zero-order valence-electron chi connectivity index (χ0n) is 18.9. The Morgan fingerprint density at radius 3 is 2.30 bits per heavy atom. The molecule has 10 heteroatoms. The monoisotopic (exact) mass is 512 g/mol. The minimum Gasteiger partial charge on any atom is -0.456 e. The summed E-state index contributed by atoms with van der Waals surface area (Å²) in [7, 11) is 1.77. The van der Waals surface area contributed by atoms with Crippen LogP contribution in [0.15, 0.2) is 24.3 Å². The van der Waals surface area contributed by atoms with E-state index in [9.17, 15) is 14.4 Å². The molecule has 2 amide bonds. The largest absolute Gasteiger partial charge is 0.456 e. The van der Waals surface area contributed by atoms with Gasteiger partial charge in [0.05, 0.1) is 41.3 Å². The third-order valence-corrected chi connectivity index (χ3v) is 6.29. The fourth-order valence-corrected chi connectivity index (χ4v) is 4.86. The van der Waals surface area contributed by atoms with E-state index in [2.05, 4.69) is 5.32 Å². The van der Waals surface area contributed by atoms with E-state index < -0.39 is 5.60 Å². The van der Waals surface area contributed by atoms with Crippen molar-refractivity contribution in [3.05, 3.63) is 51.4 Å². The van der Waals surface area contributed by atoms with Crippen LogP contribution in [0.2, 0.25) is 0 Å². The number of hydrogen-bond donors (Lipinski definition) is 1. The number of fused-ring (bicyclic) bond motifs is 2. The number of carbonyl (C=O) groups is 3. The van der Waals surface area contributed by atoms with Gasteiger partial charge in [-0.3, -0.25) is 14.5 Å². The van der Waals surface area contributed by atoms with Gasteiger partial charge in [0.25, 0.3) is 11.8 Å². The van der Waals surface area contributed by atoms with Crippen LogP contribution in [0.3, 0.4) is 0 Å². The van der Waals surface area contributed by atoms with Gasteiger partial charge >= 0.3 is 5.97 Å². The van der Waals surface area contributed by atoms with Gasteiger partial charge in [-0.15, -0.1) is 34.5 Å². The Kier molecular flexibility index (Phi) is 8.05. The van der Waals surface area contributed by atoms with Crippen LogP contribution in [0.4, 0.5) is 5.00 Å². The molecule has 7 nitrogen and oxygen atoms in total. The second-order valence-corrected chi connectivity index (χ2v) is 10.4. The summed E-state index contributed by atoms with van der Waals surface area (Å²) < 4.78 is 11.5. The zero-order valence-corrected chi connectivity index (χ0v) is 21.2. The summed E-state index contributed by atoms with van der Waals surface area (Å²) in [6, 6.07) is 6.81. The smallest absolute Gasteiger partial charge is 0.341 e. The molecule has 2 aromatic rings. The minimum absolute atomic E-state index is 0.143. The van der Waals surface area contributed by atoms with Crippen molar-refractivity contribution < 1.29 is 23.9 Å². The molecule has 0 bridgehead atoms. The maximum Gasteiger partial charge on any atom is 0.341 e. The molecule has 1 atom stereocenters. The van der Waals surface area contributed by atoms with Gasteiger partial charge in [0.1, 0.15) is 10.6 Å². The van der Waals surface area contributed by atoms with Crippen molar-refractivity contribution >= 4 is 57.3 Å². The fourth-order valence-electron chi connectivity index (χ4n) is 3.77. The lowest BCUT2D eigenvalue weighted by Gasteiger charge is -2.27. The zero-order chi connectivity index (χ0) is 24.3. The Bertz CT molecular complexity index is 1030. The van der Waals surface area contributed by atoms with Crippen LogP contribution < -0.4 is 5.32 Å². The molecule has 0 radical (unpaired) electrons. The van der Waals surface area contributed by atoms with E-state index in [1.165, 1.54) is 16.2 Å². The van der Waals surface area contributed by atoms with E-state index in [-0.39, 0.29) is 35.8 Å². The number of amides is 2. The number of carbonyl (C=O) groups excluding carboxylic acids is 3. The van der Waals surface area contributed by atoms with Gasteiger partial charge in [0, 0.05) is 18.3 Å². The van der Waals surface area contributed by atoms with Crippen LogP contribution in [0.5, 0.6) is 0 Å². The van der Waals surface area contributed by atoms with Crippen molar-refractivity contribution in [2.24, 2.45) is 0 Å². The molecule has 2 aliphatic heterocycles. The van der Waals surface area contributed by atoms with Crippen molar-refractivity contribution in [2.45, 2.75) is 45.5 Å². The molecule has 178 valence electrons. The van der Waals surface area contributed by atoms with Gasteiger partial charge in [-0.25, -0.2) is 4.79 Å². The number of hydrogen-bond acceptors (Lipinski definition) is 7. The van der Waals surface area contributed by atoms with Crippen LogP contribution in [-0.2, 0) is 22.5 Å². The first-order chi connectivity index (χ1) is 15.6. The summed E-state index contributed by atoms with van der Waals surface area (Å²) >= 11 is 11.0. The second kappa shape index (κ2) is 10.4. The van der Waals surface area contributed by atoms with Crippen LogP contribution >= 0.6 is 34.5 Å². The van der Waals surface area contributed by atoms with E-state index in [0.29, 0.717) is 29.7 Å². The molecule has 1 unspecified atom stereocenters. The van der Waals surface area contributed by atoms with Gasteiger partial charge in [0.15, 0.2) is 0 Å². The highest BCUT2D eigenvalue weighted by Crippen LogP contribution is 2.39. The van der Waals surface area contributed by atoms with E-state index in [1.54, 1.807) is 31.3 Å². The highest BCUT2D eigenvalue weighted by molar-refractivity contribution is 7.16. The highest BCUT2D eigenvalue weighted by Gasteiger charge is 2.39. The quantitative estimate of drug-likeness (QED) is 0.356. The van der Waals surface area contributed by atoms with Crippen molar-refractivity contribution in [1.82, 2.24) is 4.90 Å². The Labute approximate surface area is 206 Å². The average molecular weight is 513 g/mol. The molecule has 1 aromatic carbocycles. The number of halogens is 2. The molecular formula is C23H26Cl2N2O5S.